The molecule has 6 heteroatoms. The molecule has 1 saturated heterocycles. The van der Waals surface area contributed by atoms with Gasteiger partial charge in [0.2, 0.25) is 0 Å². The number of Topliss-reactive ketones (excluding diaryl/α,β-unsaturated/α-hetero) is 1. The van der Waals surface area contributed by atoms with Crippen LogP contribution in [0.25, 0.3) is 0 Å². The number of fused-ring (bicyclic) bond motifs is 1. The van der Waals surface area contributed by atoms with Crippen LogP contribution < -0.4 is 9.47 Å². The van der Waals surface area contributed by atoms with Crippen molar-refractivity contribution in [1.29, 1.82) is 0 Å². The van der Waals surface area contributed by atoms with Crippen molar-refractivity contribution in [3.05, 3.63) is 58.1 Å². The maximum atomic E-state index is 12.9. The predicted octanol–water partition coefficient (Wildman–Crippen LogP) is 4.30. The van der Waals surface area contributed by atoms with E-state index in [1.807, 2.05) is 25.1 Å². The lowest BCUT2D eigenvalue weighted by Crippen LogP contribution is -2.52. The molecular weight excluding hydrogens is 378 g/mol. The van der Waals surface area contributed by atoms with Gasteiger partial charge in [0, 0.05) is 31.0 Å². The standard InChI is InChI=1S/C22H22ClNO4/c1-14-11-15(23)12-17-18(25)13-22(28-20(14)17)7-9-24(10-8-22)21(26)16-5-3-4-6-19(16)27-2/h3-6,11-12H,7-10,13H2,1-2H3. The fourth-order valence-corrected chi connectivity index (χ4v) is 4.37. The van der Waals surface area contributed by atoms with E-state index < -0.39 is 5.60 Å². The molecule has 1 spiro atoms. The number of aryl methyl sites for hydroxylation is 1. The van der Waals surface area contributed by atoms with Gasteiger partial charge in [-0.05, 0) is 36.8 Å². The van der Waals surface area contributed by atoms with E-state index in [9.17, 15) is 9.59 Å². The summed E-state index contributed by atoms with van der Waals surface area (Å²) in [6.45, 7) is 2.97. The van der Waals surface area contributed by atoms with Crippen molar-refractivity contribution in [2.75, 3.05) is 20.2 Å². The summed E-state index contributed by atoms with van der Waals surface area (Å²) in [7, 11) is 1.56. The molecule has 2 aliphatic rings. The van der Waals surface area contributed by atoms with E-state index in [4.69, 9.17) is 21.1 Å². The summed E-state index contributed by atoms with van der Waals surface area (Å²) < 4.78 is 11.7. The molecule has 2 aliphatic heterocycles. The molecule has 1 fully saturated rings. The Balaban J connectivity index is 1.52. The number of hydrogen-bond acceptors (Lipinski definition) is 4. The molecular formula is C22H22ClNO4. The number of carbonyl (C=O) groups is 2. The van der Waals surface area contributed by atoms with Crippen LogP contribution in [0.1, 0.15) is 45.5 Å². The van der Waals surface area contributed by atoms with Gasteiger partial charge in [-0.25, -0.2) is 0 Å². The Morgan fingerprint density at radius 2 is 1.93 bits per heavy atom. The molecule has 0 aliphatic carbocycles. The van der Waals surface area contributed by atoms with Crippen molar-refractivity contribution in [3.63, 3.8) is 0 Å². The number of rotatable bonds is 2. The van der Waals surface area contributed by atoms with Crippen molar-refractivity contribution in [3.8, 4) is 11.5 Å². The van der Waals surface area contributed by atoms with Crippen molar-refractivity contribution in [2.45, 2.75) is 31.8 Å². The molecule has 0 unspecified atom stereocenters. The van der Waals surface area contributed by atoms with Crippen LogP contribution in [0.15, 0.2) is 36.4 Å². The molecule has 1 amide bonds. The Morgan fingerprint density at radius 3 is 2.64 bits per heavy atom. The number of para-hydroxylation sites is 1. The molecule has 2 heterocycles. The van der Waals surface area contributed by atoms with E-state index in [1.165, 1.54) is 0 Å². The first kappa shape index (κ1) is 18.8. The van der Waals surface area contributed by atoms with E-state index in [2.05, 4.69) is 0 Å². The highest BCUT2D eigenvalue weighted by Gasteiger charge is 2.44. The van der Waals surface area contributed by atoms with Gasteiger partial charge < -0.3 is 14.4 Å². The van der Waals surface area contributed by atoms with Crippen LogP contribution in [0.3, 0.4) is 0 Å². The highest BCUT2D eigenvalue weighted by atomic mass is 35.5. The monoisotopic (exact) mass is 399 g/mol. The van der Waals surface area contributed by atoms with E-state index in [0.29, 0.717) is 60.0 Å². The van der Waals surface area contributed by atoms with Crippen molar-refractivity contribution >= 4 is 23.3 Å². The molecule has 0 bridgehead atoms. The van der Waals surface area contributed by atoms with E-state index in [-0.39, 0.29) is 11.7 Å². The van der Waals surface area contributed by atoms with Gasteiger partial charge in [0.1, 0.15) is 17.1 Å². The topological polar surface area (TPSA) is 55.8 Å². The van der Waals surface area contributed by atoms with Crippen LogP contribution in [0.2, 0.25) is 5.02 Å². The molecule has 0 radical (unpaired) electrons. The molecule has 146 valence electrons. The number of amides is 1. The lowest BCUT2D eigenvalue weighted by atomic mass is 9.82. The predicted molar refractivity (Wildman–Crippen MR) is 107 cm³/mol. The molecule has 0 aromatic heterocycles. The molecule has 28 heavy (non-hydrogen) atoms. The van der Waals surface area contributed by atoms with Gasteiger partial charge in [-0.3, -0.25) is 9.59 Å². The number of ketones is 1. The highest BCUT2D eigenvalue weighted by Crippen LogP contribution is 2.42. The first-order valence-corrected chi connectivity index (χ1v) is 9.75. The number of benzene rings is 2. The first-order chi connectivity index (χ1) is 13.4. The van der Waals surface area contributed by atoms with Crippen molar-refractivity contribution < 1.29 is 19.1 Å². The molecule has 2 aromatic carbocycles. The van der Waals surface area contributed by atoms with Crippen molar-refractivity contribution in [2.24, 2.45) is 0 Å². The van der Waals surface area contributed by atoms with Gasteiger partial charge in [0.15, 0.2) is 5.78 Å². The Bertz CT molecular complexity index is 948. The quantitative estimate of drug-likeness (QED) is 0.755. The third-order valence-electron chi connectivity index (χ3n) is 5.64. The first-order valence-electron chi connectivity index (χ1n) is 9.37. The Hall–Kier alpha value is -2.53. The summed E-state index contributed by atoms with van der Waals surface area (Å²) in [5.41, 5.74) is 1.42. The van der Waals surface area contributed by atoms with E-state index >= 15 is 0 Å². The lowest BCUT2D eigenvalue weighted by Gasteiger charge is -2.44. The zero-order valence-corrected chi connectivity index (χ0v) is 16.7. The number of piperidine rings is 1. The fourth-order valence-electron chi connectivity index (χ4n) is 4.10. The largest absolute Gasteiger partial charge is 0.496 e. The Labute approximate surface area is 169 Å². The Morgan fingerprint density at radius 1 is 1.21 bits per heavy atom. The number of ether oxygens (including phenoxy) is 2. The molecule has 0 atom stereocenters. The summed E-state index contributed by atoms with van der Waals surface area (Å²) in [5.74, 6) is 1.19. The van der Waals surface area contributed by atoms with Gasteiger partial charge in [-0.2, -0.15) is 0 Å². The fraction of sp³-hybridized carbons (Fsp3) is 0.364. The molecule has 4 rings (SSSR count). The minimum absolute atomic E-state index is 0.0522. The number of halogens is 1. The summed E-state index contributed by atoms with van der Waals surface area (Å²) >= 11 is 6.10. The Kier molecular flexibility index (Phi) is 4.79. The third kappa shape index (κ3) is 3.24. The second kappa shape index (κ2) is 7.13. The van der Waals surface area contributed by atoms with Gasteiger partial charge >= 0.3 is 0 Å². The van der Waals surface area contributed by atoms with Gasteiger partial charge in [-0.1, -0.05) is 23.7 Å². The number of methoxy groups -OCH3 is 1. The summed E-state index contributed by atoms with van der Waals surface area (Å²) in [6, 6.07) is 10.7. The SMILES string of the molecule is COc1ccccc1C(=O)N1CCC2(CC1)CC(=O)c1cc(Cl)cc(C)c1O2. The average molecular weight is 400 g/mol. The highest BCUT2D eigenvalue weighted by molar-refractivity contribution is 6.31. The van der Waals surface area contributed by atoms with E-state index in [0.717, 1.165) is 5.56 Å². The number of nitrogens with zero attached hydrogens (tertiary/aromatic N) is 1. The average Bonchev–Trinajstić information content (AvgIpc) is 2.69. The summed E-state index contributed by atoms with van der Waals surface area (Å²) in [4.78, 5) is 27.5. The van der Waals surface area contributed by atoms with Crippen LogP contribution in [-0.2, 0) is 0 Å². The maximum absolute atomic E-state index is 12.9. The number of likely N-dealkylation sites (tertiary alicyclic amines) is 1. The van der Waals surface area contributed by atoms with Gasteiger partial charge in [0.25, 0.3) is 5.91 Å². The zero-order chi connectivity index (χ0) is 19.9. The normalized spacial score (nSPS) is 17.8. The van der Waals surface area contributed by atoms with Crippen LogP contribution in [0.5, 0.6) is 11.5 Å². The number of carbonyl (C=O) groups excluding carboxylic acids is 2. The number of hydrogen-bond donors (Lipinski definition) is 0. The van der Waals surface area contributed by atoms with Crippen LogP contribution in [0.4, 0.5) is 0 Å². The van der Waals surface area contributed by atoms with Crippen LogP contribution in [0, 0.1) is 6.92 Å². The minimum Gasteiger partial charge on any atom is -0.496 e. The maximum Gasteiger partial charge on any atom is 0.257 e. The second-order valence-corrected chi connectivity index (χ2v) is 7.91. The molecule has 5 nitrogen and oxygen atoms in total. The van der Waals surface area contributed by atoms with Crippen LogP contribution in [-0.4, -0.2) is 42.4 Å². The smallest absolute Gasteiger partial charge is 0.257 e. The molecule has 0 saturated carbocycles. The zero-order valence-electron chi connectivity index (χ0n) is 16.0. The van der Waals surface area contributed by atoms with Gasteiger partial charge in [0.05, 0.1) is 24.7 Å². The lowest BCUT2D eigenvalue weighted by molar-refractivity contribution is -0.00622. The minimum atomic E-state index is -0.555. The molecule has 2 aromatic rings. The van der Waals surface area contributed by atoms with E-state index in [1.54, 1.807) is 30.2 Å². The van der Waals surface area contributed by atoms with Gasteiger partial charge in [-0.15, -0.1) is 0 Å². The summed E-state index contributed by atoms with van der Waals surface area (Å²) in [5, 5.41) is 0.543. The second-order valence-electron chi connectivity index (χ2n) is 7.48. The molecule has 0 N–H and O–H groups in total. The van der Waals surface area contributed by atoms with Crippen molar-refractivity contribution in [1.82, 2.24) is 4.90 Å². The summed E-state index contributed by atoms with van der Waals surface area (Å²) in [6.07, 6.45) is 1.54. The van der Waals surface area contributed by atoms with Crippen LogP contribution >= 0.6 is 11.6 Å². The third-order valence-corrected chi connectivity index (χ3v) is 5.86.